The zero-order chi connectivity index (χ0) is 23.6. The van der Waals surface area contributed by atoms with Crippen molar-refractivity contribution in [2.24, 2.45) is 0 Å². The van der Waals surface area contributed by atoms with Crippen LogP contribution in [-0.2, 0) is 12.6 Å². The van der Waals surface area contributed by atoms with E-state index in [2.05, 4.69) is 15.4 Å². The fraction of sp³-hybridized carbons (Fsp3) is 0.0952. The van der Waals surface area contributed by atoms with Crippen LogP contribution in [0, 0.1) is 10.1 Å². The van der Waals surface area contributed by atoms with Gasteiger partial charge < -0.3 is 0 Å². The van der Waals surface area contributed by atoms with Crippen molar-refractivity contribution < 1.29 is 22.9 Å². The Morgan fingerprint density at radius 3 is 2.61 bits per heavy atom. The lowest BCUT2D eigenvalue weighted by Crippen LogP contribution is -2.13. The van der Waals surface area contributed by atoms with E-state index in [0.29, 0.717) is 22.8 Å². The third-order valence-electron chi connectivity index (χ3n) is 4.56. The molecule has 0 saturated heterocycles. The van der Waals surface area contributed by atoms with Crippen LogP contribution in [0.5, 0.6) is 0 Å². The molecule has 0 atom stereocenters. The van der Waals surface area contributed by atoms with Crippen LogP contribution >= 0.6 is 11.3 Å². The summed E-state index contributed by atoms with van der Waals surface area (Å²) in [6, 6.07) is 12.1. The monoisotopic (exact) mass is 473 g/mol. The van der Waals surface area contributed by atoms with Crippen LogP contribution in [0.1, 0.15) is 26.5 Å². The maximum Gasteiger partial charge on any atom is 0.416 e. The summed E-state index contributed by atoms with van der Waals surface area (Å²) in [5, 5.41) is 18.0. The van der Waals surface area contributed by atoms with Crippen molar-refractivity contribution in [1.82, 2.24) is 14.8 Å². The second-order valence-electron chi connectivity index (χ2n) is 6.88. The first-order valence-electron chi connectivity index (χ1n) is 9.42. The second-order valence-corrected chi connectivity index (χ2v) is 8.00. The molecule has 0 bridgehead atoms. The number of amides is 1. The molecular formula is C21H14F3N5O3S. The third-order valence-corrected chi connectivity index (χ3v) is 5.47. The lowest BCUT2D eigenvalue weighted by molar-refractivity contribution is -0.384. The molecule has 33 heavy (non-hydrogen) atoms. The summed E-state index contributed by atoms with van der Waals surface area (Å²) in [6.07, 6.45) is -0.971. The normalized spacial score (nSPS) is 11.4. The lowest BCUT2D eigenvalue weighted by Gasteiger charge is -2.06. The molecule has 0 aliphatic rings. The van der Waals surface area contributed by atoms with Crippen LogP contribution in [0.3, 0.4) is 0 Å². The number of nitrogens with one attached hydrogen (secondary N) is 1. The van der Waals surface area contributed by atoms with E-state index in [4.69, 9.17) is 0 Å². The molecule has 0 radical (unpaired) electrons. The number of carbonyl (C=O) groups is 1. The number of thiazole rings is 1. The van der Waals surface area contributed by atoms with Crippen LogP contribution < -0.4 is 5.32 Å². The zero-order valence-corrected chi connectivity index (χ0v) is 17.4. The van der Waals surface area contributed by atoms with Crippen LogP contribution in [0.25, 0.3) is 5.69 Å². The van der Waals surface area contributed by atoms with E-state index in [1.165, 1.54) is 58.6 Å². The van der Waals surface area contributed by atoms with Crippen molar-refractivity contribution in [2.75, 3.05) is 5.32 Å². The highest BCUT2D eigenvalue weighted by Gasteiger charge is 2.29. The first kappa shape index (κ1) is 22.1. The Labute approximate surface area is 188 Å². The van der Waals surface area contributed by atoms with Gasteiger partial charge in [-0.25, -0.2) is 9.67 Å². The quantitative estimate of drug-likeness (QED) is 0.310. The summed E-state index contributed by atoms with van der Waals surface area (Å²) in [6.45, 7) is 0. The number of carbonyl (C=O) groups excluding carboxylic acids is 1. The summed E-state index contributed by atoms with van der Waals surface area (Å²) in [7, 11) is 0. The minimum atomic E-state index is -4.39. The first-order valence-corrected chi connectivity index (χ1v) is 10.2. The van der Waals surface area contributed by atoms with Gasteiger partial charge in [0.2, 0.25) is 0 Å². The summed E-state index contributed by atoms with van der Waals surface area (Å²) < 4.78 is 39.4. The van der Waals surface area contributed by atoms with Gasteiger partial charge in [-0.3, -0.25) is 20.2 Å². The Kier molecular flexibility index (Phi) is 5.92. The molecule has 4 rings (SSSR count). The fourth-order valence-corrected chi connectivity index (χ4v) is 3.80. The predicted octanol–water partition coefficient (Wildman–Crippen LogP) is 5.10. The molecule has 8 nitrogen and oxygen atoms in total. The number of benzene rings is 2. The van der Waals surface area contributed by atoms with Gasteiger partial charge in [-0.2, -0.15) is 18.3 Å². The van der Waals surface area contributed by atoms with Gasteiger partial charge in [0.15, 0.2) is 10.8 Å². The molecule has 2 aromatic carbocycles. The van der Waals surface area contributed by atoms with Crippen molar-refractivity contribution >= 4 is 28.1 Å². The predicted molar refractivity (Wildman–Crippen MR) is 115 cm³/mol. The number of non-ortho nitro benzene ring substituents is 1. The van der Waals surface area contributed by atoms with Crippen LogP contribution in [0.2, 0.25) is 0 Å². The molecule has 2 aromatic heterocycles. The molecule has 1 amide bonds. The van der Waals surface area contributed by atoms with Gasteiger partial charge in [0.1, 0.15) is 0 Å². The van der Waals surface area contributed by atoms with E-state index in [-0.39, 0.29) is 11.4 Å². The van der Waals surface area contributed by atoms with Gasteiger partial charge >= 0.3 is 6.18 Å². The van der Waals surface area contributed by atoms with E-state index >= 15 is 0 Å². The molecule has 168 valence electrons. The summed E-state index contributed by atoms with van der Waals surface area (Å²) >= 11 is 1.19. The number of hydrogen-bond donors (Lipinski definition) is 1. The Balaban J connectivity index is 1.41. The Morgan fingerprint density at radius 1 is 1.15 bits per heavy atom. The summed E-state index contributed by atoms with van der Waals surface area (Å²) in [5.41, 5.74) is 0.378. The lowest BCUT2D eigenvalue weighted by atomic mass is 10.1. The minimum Gasteiger partial charge on any atom is -0.296 e. The van der Waals surface area contributed by atoms with Crippen molar-refractivity contribution in [3.8, 4) is 5.69 Å². The average molecular weight is 473 g/mol. The molecule has 0 fully saturated rings. The maximum absolute atomic E-state index is 12.7. The maximum atomic E-state index is 12.7. The Bertz CT molecular complexity index is 1320. The van der Waals surface area contributed by atoms with Crippen LogP contribution in [0.4, 0.5) is 24.0 Å². The standard InChI is InChI=1S/C21H14F3N5O3S/c22-21(23,24)14-6-4-13(5-7-14)10-17-12-25-20(33-17)26-19(30)18-8-9-28(27-18)15-2-1-3-16(11-15)29(31)32/h1-9,11-12H,10H2,(H,25,26,30). The molecule has 0 unspecified atom stereocenters. The summed E-state index contributed by atoms with van der Waals surface area (Å²) in [5.74, 6) is -0.519. The van der Waals surface area contributed by atoms with E-state index in [1.54, 1.807) is 12.3 Å². The number of nitrogens with zero attached hydrogens (tertiary/aromatic N) is 4. The SMILES string of the molecule is O=C(Nc1ncc(Cc2ccc(C(F)(F)F)cc2)s1)c1ccn(-c2cccc([N+](=O)[O-])c2)n1. The van der Waals surface area contributed by atoms with Crippen molar-refractivity contribution in [3.63, 3.8) is 0 Å². The molecule has 4 aromatic rings. The smallest absolute Gasteiger partial charge is 0.296 e. The highest BCUT2D eigenvalue weighted by Crippen LogP contribution is 2.30. The van der Waals surface area contributed by atoms with E-state index in [9.17, 15) is 28.1 Å². The topological polar surface area (TPSA) is 103 Å². The number of nitro groups is 1. The number of anilines is 1. The number of halogens is 3. The van der Waals surface area contributed by atoms with E-state index < -0.39 is 22.6 Å². The number of rotatable bonds is 6. The van der Waals surface area contributed by atoms with Gasteiger partial charge in [0.25, 0.3) is 11.6 Å². The van der Waals surface area contributed by atoms with Crippen molar-refractivity contribution in [3.05, 3.63) is 98.8 Å². The number of aromatic nitrogens is 3. The largest absolute Gasteiger partial charge is 0.416 e. The molecule has 0 aliphatic heterocycles. The fourth-order valence-electron chi connectivity index (χ4n) is 2.96. The highest BCUT2D eigenvalue weighted by molar-refractivity contribution is 7.15. The summed E-state index contributed by atoms with van der Waals surface area (Å²) in [4.78, 5) is 27.8. The molecule has 2 heterocycles. The molecule has 0 aliphatic carbocycles. The van der Waals surface area contributed by atoms with E-state index in [0.717, 1.165) is 17.0 Å². The first-order chi connectivity index (χ1) is 15.7. The minimum absolute atomic E-state index is 0.0843. The van der Waals surface area contributed by atoms with Gasteiger partial charge in [0.05, 0.1) is 16.2 Å². The molecular weight excluding hydrogens is 459 g/mol. The Hall–Kier alpha value is -4.06. The van der Waals surface area contributed by atoms with Crippen molar-refractivity contribution in [1.29, 1.82) is 0 Å². The highest BCUT2D eigenvalue weighted by atomic mass is 32.1. The van der Waals surface area contributed by atoms with E-state index in [1.807, 2.05) is 0 Å². The number of alkyl halides is 3. The van der Waals surface area contributed by atoms with Gasteiger partial charge in [-0.15, -0.1) is 11.3 Å². The number of nitro benzene ring substituents is 1. The Morgan fingerprint density at radius 2 is 1.91 bits per heavy atom. The molecule has 0 spiro atoms. The zero-order valence-electron chi connectivity index (χ0n) is 16.6. The molecule has 0 saturated carbocycles. The molecule has 12 heteroatoms. The number of hydrogen-bond acceptors (Lipinski definition) is 6. The molecule has 1 N–H and O–H groups in total. The van der Waals surface area contributed by atoms with Gasteiger partial charge in [-0.05, 0) is 29.8 Å². The second kappa shape index (κ2) is 8.82. The van der Waals surface area contributed by atoms with Crippen molar-refractivity contribution in [2.45, 2.75) is 12.6 Å². The van der Waals surface area contributed by atoms with Gasteiger partial charge in [-0.1, -0.05) is 18.2 Å². The van der Waals surface area contributed by atoms with Crippen LogP contribution in [-0.4, -0.2) is 25.6 Å². The average Bonchev–Trinajstić information content (AvgIpc) is 3.43. The van der Waals surface area contributed by atoms with Crippen LogP contribution in [0.15, 0.2) is 67.0 Å². The van der Waals surface area contributed by atoms with Gasteiger partial charge in [0, 0.05) is 35.8 Å². The third kappa shape index (κ3) is 5.23.